The number of hydrogen-bond donors (Lipinski definition) is 2. The summed E-state index contributed by atoms with van der Waals surface area (Å²) in [6, 6.07) is 7.54. The largest absolute Gasteiger partial charge is 0.345 e. The molecule has 0 spiro atoms. The summed E-state index contributed by atoms with van der Waals surface area (Å²) in [7, 11) is 0. The molecule has 0 fully saturated rings. The van der Waals surface area contributed by atoms with Crippen LogP contribution in [0.2, 0.25) is 0 Å². The third-order valence-electron chi connectivity index (χ3n) is 4.14. The van der Waals surface area contributed by atoms with Crippen LogP contribution in [0, 0.1) is 12.8 Å². The van der Waals surface area contributed by atoms with Crippen LogP contribution in [-0.4, -0.2) is 23.0 Å². The standard InChI is InChI=1S/C17H23N3OS.2ClH/c1-11(2)17(4,10-18)20-16(21)14-7-5-6-13(8-14)15-9-22-12(3)19-15;;/h5-9,11H,10,18H2,1-4H3,(H,20,21);2*1H. The Morgan fingerprint density at radius 2 is 2.04 bits per heavy atom. The van der Waals surface area contributed by atoms with Crippen molar-refractivity contribution >= 4 is 42.1 Å². The molecule has 0 aliphatic rings. The Labute approximate surface area is 160 Å². The van der Waals surface area contributed by atoms with E-state index in [2.05, 4.69) is 24.1 Å². The van der Waals surface area contributed by atoms with Gasteiger partial charge in [-0.15, -0.1) is 36.2 Å². The lowest BCUT2D eigenvalue weighted by Crippen LogP contribution is -2.55. The molecule has 0 aliphatic carbocycles. The van der Waals surface area contributed by atoms with Crippen LogP contribution >= 0.6 is 36.2 Å². The van der Waals surface area contributed by atoms with Gasteiger partial charge in [-0.05, 0) is 31.9 Å². The normalized spacial score (nSPS) is 12.8. The number of nitrogens with one attached hydrogen (secondary N) is 1. The van der Waals surface area contributed by atoms with Crippen molar-refractivity contribution < 1.29 is 4.79 Å². The summed E-state index contributed by atoms with van der Waals surface area (Å²) in [6.07, 6.45) is 0. The summed E-state index contributed by atoms with van der Waals surface area (Å²) in [4.78, 5) is 17.0. The fourth-order valence-corrected chi connectivity index (χ4v) is 2.70. The van der Waals surface area contributed by atoms with Crippen LogP contribution in [0.25, 0.3) is 11.3 Å². The van der Waals surface area contributed by atoms with Crippen LogP contribution in [0.5, 0.6) is 0 Å². The topological polar surface area (TPSA) is 68.0 Å². The van der Waals surface area contributed by atoms with Gasteiger partial charge in [-0.25, -0.2) is 4.98 Å². The lowest BCUT2D eigenvalue weighted by atomic mass is 9.88. The molecule has 0 aliphatic heterocycles. The molecule has 0 saturated heterocycles. The zero-order valence-electron chi connectivity index (χ0n) is 14.3. The zero-order valence-corrected chi connectivity index (χ0v) is 16.8. The molecule has 134 valence electrons. The van der Waals surface area contributed by atoms with Crippen LogP contribution < -0.4 is 11.1 Å². The van der Waals surface area contributed by atoms with E-state index >= 15 is 0 Å². The second-order valence-corrected chi connectivity index (χ2v) is 7.13. The van der Waals surface area contributed by atoms with E-state index in [1.165, 1.54) is 0 Å². The first-order valence-corrected chi connectivity index (χ1v) is 8.29. The first-order chi connectivity index (χ1) is 10.4. The number of carbonyl (C=O) groups excluding carboxylic acids is 1. The van der Waals surface area contributed by atoms with Gasteiger partial charge in [0.1, 0.15) is 0 Å². The van der Waals surface area contributed by atoms with Crippen molar-refractivity contribution in [2.75, 3.05) is 6.54 Å². The number of hydrogen-bond acceptors (Lipinski definition) is 4. The SMILES string of the molecule is Cc1nc(-c2cccc(C(=O)NC(C)(CN)C(C)C)c2)cs1.Cl.Cl. The quantitative estimate of drug-likeness (QED) is 0.809. The monoisotopic (exact) mass is 389 g/mol. The molecule has 3 N–H and O–H groups in total. The number of halogens is 2. The lowest BCUT2D eigenvalue weighted by molar-refractivity contribution is 0.0883. The third kappa shape index (κ3) is 5.18. The van der Waals surface area contributed by atoms with E-state index in [0.29, 0.717) is 12.1 Å². The Kier molecular flexibility index (Phi) is 8.93. The first kappa shape index (κ1) is 22.9. The molecule has 1 unspecified atom stereocenters. The number of thiazole rings is 1. The van der Waals surface area contributed by atoms with E-state index in [9.17, 15) is 4.79 Å². The second-order valence-electron chi connectivity index (χ2n) is 6.06. The Balaban J connectivity index is 0.00000264. The number of carbonyl (C=O) groups is 1. The molecule has 1 heterocycles. The third-order valence-corrected chi connectivity index (χ3v) is 4.91. The highest BCUT2D eigenvalue weighted by Gasteiger charge is 2.28. The highest BCUT2D eigenvalue weighted by atomic mass is 35.5. The fourth-order valence-electron chi connectivity index (χ4n) is 2.08. The number of aromatic nitrogens is 1. The Morgan fingerprint density at radius 1 is 1.38 bits per heavy atom. The van der Waals surface area contributed by atoms with Crippen molar-refractivity contribution in [1.29, 1.82) is 0 Å². The van der Waals surface area contributed by atoms with Crippen molar-refractivity contribution in [3.8, 4) is 11.3 Å². The predicted molar refractivity (Wildman–Crippen MR) is 107 cm³/mol. The van der Waals surface area contributed by atoms with Gasteiger partial charge in [0.2, 0.25) is 0 Å². The molecule has 24 heavy (non-hydrogen) atoms. The van der Waals surface area contributed by atoms with E-state index in [0.717, 1.165) is 16.3 Å². The van der Waals surface area contributed by atoms with E-state index in [1.807, 2.05) is 43.5 Å². The van der Waals surface area contributed by atoms with Crippen molar-refractivity contribution in [2.45, 2.75) is 33.2 Å². The maximum absolute atomic E-state index is 12.5. The van der Waals surface area contributed by atoms with E-state index in [1.54, 1.807) is 11.3 Å². The highest BCUT2D eigenvalue weighted by Crippen LogP contribution is 2.23. The molecule has 0 radical (unpaired) electrons. The van der Waals surface area contributed by atoms with E-state index < -0.39 is 5.54 Å². The molecule has 1 aromatic heterocycles. The number of nitrogens with two attached hydrogens (primary N) is 1. The number of amides is 1. The molecule has 0 saturated carbocycles. The van der Waals surface area contributed by atoms with Crippen molar-refractivity contribution in [1.82, 2.24) is 10.3 Å². The Bertz CT molecular complexity index is 675. The van der Waals surface area contributed by atoms with Gasteiger partial charge in [0, 0.05) is 23.1 Å². The summed E-state index contributed by atoms with van der Waals surface area (Å²) in [5.74, 6) is 0.154. The van der Waals surface area contributed by atoms with Crippen LogP contribution in [0.3, 0.4) is 0 Å². The molecule has 2 rings (SSSR count). The molecular formula is C17H25Cl2N3OS. The molecule has 2 aromatic rings. The minimum atomic E-state index is -0.412. The Hall–Kier alpha value is -1.14. The van der Waals surface area contributed by atoms with E-state index in [-0.39, 0.29) is 36.6 Å². The molecule has 0 bridgehead atoms. The minimum Gasteiger partial charge on any atom is -0.345 e. The smallest absolute Gasteiger partial charge is 0.251 e. The molecule has 4 nitrogen and oxygen atoms in total. The molecular weight excluding hydrogens is 365 g/mol. The first-order valence-electron chi connectivity index (χ1n) is 7.41. The predicted octanol–water partition coefficient (Wildman–Crippen LogP) is 4.07. The van der Waals surface area contributed by atoms with Crippen molar-refractivity contribution in [2.24, 2.45) is 11.7 Å². The molecule has 1 amide bonds. The maximum atomic E-state index is 12.5. The van der Waals surface area contributed by atoms with Gasteiger partial charge in [-0.1, -0.05) is 26.0 Å². The molecule has 1 atom stereocenters. The van der Waals surface area contributed by atoms with Crippen molar-refractivity contribution in [3.05, 3.63) is 40.2 Å². The highest BCUT2D eigenvalue weighted by molar-refractivity contribution is 7.09. The van der Waals surface area contributed by atoms with Gasteiger partial charge in [-0.2, -0.15) is 0 Å². The van der Waals surface area contributed by atoms with Crippen LogP contribution in [-0.2, 0) is 0 Å². The van der Waals surface area contributed by atoms with Crippen LogP contribution in [0.15, 0.2) is 29.6 Å². The van der Waals surface area contributed by atoms with E-state index in [4.69, 9.17) is 5.73 Å². The summed E-state index contributed by atoms with van der Waals surface area (Å²) >= 11 is 1.60. The zero-order chi connectivity index (χ0) is 16.3. The van der Waals surface area contributed by atoms with Gasteiger partial charge in [0.15, 0.2) is 0 Å². The number of nitrogens with zero attached hydrogens (tertiary/aromatic N) is 1. The number of rotatable bonds is 5. The van der Waals surface area contributed by atoms with Gasteiger partial charge >= 0.3 is 0 Å². The van der Waals surface area contributed by atoms with Gasteiger partial charge in [0.05, 0.1) is 16.2 Å². The molecule has 7 heteroatoms. The average Bonchev–Trinajstić information content (AvgIpc) is 2.93. The fraction of sp³-hybridized carbons (Fsp3) is 0.412. The van der Waals surface area contributed by atoms with Gasteiger partial charge in [0.25, 0.3) is 5.91 Å². The number of benzene rings is 1. The summed E-state index contributed by atoms with van der Waals surface area (Å²) in [6.45, 7) is 8.47. The maximum Gasteiger partial charge on any atom is 0.251 e. The Morgan fingerprint density at radius 3 is 2.54 bits per heavy atom. The second kappa shape index (κ2) is 9.37. The summed E-state index contributed by atoms with van der Waals surface area (Å²) in [5, 5.41) is 6.08. The summed E-state index contributed by atoms with van der Waals surface area (Å²) < 4.78 is 0. The summed E-state index contributed by atoms with van der Waals surface area (Å²) in [5.41, 5.74) is 7.91. The lowest BCUT2D eigenvalue weighted by Gasteiger charge is -2.33. The molecule has 1 aromatic carbocycles. The van der Waals surface area contributed by atoms with Gasteiger partial charge < -0.3 is 11.1 Å². The minimum absolute atomic E-state index is 0. The van der Waals surface area contributed by atoms with Crippen LogP contribution in [0.1, 0.15) is 36.1 Å². The van der Waals surface area contributed by atoms with Gasteiger partial charge in [-0.3, -0.25) is 4.79 Å². The number of aryl methyl sites for hydroxylation is 1. The average molecular weight is 390 g/mol. The van der Waals surface area contributed by atoms with Crippen LogP contribution in [0.4, 0.5) is 0 Å². The van der Waals surface area contributed by atoms with Crippen molar-refractivity contribution in [3.63, 3.8) is 0 Å².